The van der Waals surface area contributed by atoms with Crippen molar-refractivity contribution in [1.82, 2.24) is 0 Å². The average Bonchev–Trinajstić information content (AvgIpc) is 2.56. The molecule has 0 aromatic heterocycles. The van der Waals surface area contributed by atoms with Gasteiger partial charge in [-0.3, -0.25) is 9.59 Å². The molecule has 2 amide bonds. The number of nitrogens with one attached hydrogen (secondary N) is 2. The molecular weight excluding hydrogens is 302 g/mol. The number of hydrogen-bond acceptors (Lipinski definition) is 3. The van der Waals surface area contributed by atoms with Crippen molar-refractivity contribution < 1.29 is 9.59 Å². The van der Waals surface area contributed by atoms with Crippen LogP contribution in [0.2, 0.25) is 0 Å². The van der Waals surface area contributed by atoms with Gasteiger partial charge in [-0.05, 0) is 35.7 Å². The summed E-state index contributed by atoms with van der Waals surface area (Å²) >= 11 is 0. The van der Waals surface area contributed by atoms with Crippen molar-refractivity contribution in [1.29, 1.82) is 0 Å². The highest BCUT2D eigenvalue weighted by atomic mass is 16.2. The molecule has 0 aliphatic carbocycles. The lowest BCUT2D eigenvalue weighted by Crippen LogP contribution is -2.27. The summed E-state index contributed by atoms with van der Waals surface area (Å²) in [5.41, 5.74) is 8.05. The summed E-state index contributed by atoms with van der Waals surface area (Å²) in [5, 5.41) is 5.60. The maximum Gasteiger partial charge on any atom is 0.245 e. The Balaban J connectivity index is 1.94. The summed E-state index contributed by atoms with van der Waals surface area (Å²) in [7, 11) is 0. The molecule has 5 heteroatoms. The Kier molecular flexibility index (Phi) is 6.09. The second-order valence-electron chi connectivity index (χ2n) is 6.10. The van der Waals surface area contributed by atoms with Crippen LogP contribution < -0.4 is 16.4 Å². The first kappa shape index (κ1) is 17.7. The smallest absolute Gasteiger partial charge is 0.245 e. The molecule has 1 unspecified atom stereocenters. The number of nitrogens with two attached hydrogens (primary N) is 1. The molecule has 0 aliphatic rings. The van der Waals surface area contributed by atoms with Gasteiger partial charge in [0, 0.05) is 17.8 Å². The van der Waals surface area contributed by atoms with E-state index >= 15 is 0 Å². The zero-order valence-corrected chi connectivity index (χ0v) is 14.0. The van der Waals surface area contributed by atoms with Crippen molar-refractivity contribution in [3.05, 3.63) is 60.2 Å². The minimum absolute atomic E-state index is 0.0205. The lowest BCUT2D eigenvalue weighted by molar-refractivity contribution is -0.118. The highest BCUT2D eigenvalue weighted by molar-refractivity contribution is 5.96. The van der Waals surface area contributed by atoms with Crippen LogP contribution in [0.15, 0.2) is 54.6 Å². The second kappa shape index (κ2) is 8.26. The average molecular weight is 325 g/mol. The normalized spacial score (nSPS) is 11.8. The zero-order valence-electron chi connectivity index (χ0n) is 14.0. The Morgan fingerprint density at radius 1 is 0.917 bits per heavy atom. The van der Waals surface area contributed by atoms with Crippen LogP contribution in [0.1, 0.15) is 31.9 Å². The predicted octanol–water partition coefficient (Wildman–Crippen LogP) is 3.31. The molecule has 0 aliphatic heterocycles. The van der Waals surface area contributed by atoms with E-state index in [9.17, 15) is 9.59 Å². The highest BCUT2D eigenvalue weighted by Gasteiger charge is 2.15. The van der Waals surface area contributed by atoms with E-state index in [1.54, 1.807) is 24.3 Å². The van der Waals surface area contributed by atoms with Crippen molar-refractivity contribution in [3.8, 4) is 0 Å². The lowest BCUT2D eigenvalue weighted by Gasteiger charge is -2.13. The molecule has 4 N–H and O–H groups in total. The predicted molar refractivity (Wildman–Crippen MR) is 96.5 cm³/mol. The molecule has 0 saturated carbocycles. The first-order valence-electron chi connectivity index (χ1n) is 7.97. The summed E-state index contributed by atoms with van der Waals surface area (Å²) in [6, 6.07) is 15.5. The topological polar surface area (TPSA) is 84.2 Å². The van der Waals surface area contributed by atoms with Gasteiger partial charge in [0.25, 0.3) is 0 Å². The van der Waals surface area contributed by atoms with Crippen molar-refractivity contribution >= 4 is 23.2 Å². The van der Waals surface area contributed by atoms with Gasteiger partial charge in [-0.2, -0.15) is 0 Å². The summed E-state index contributed by atoms with van der Waals surface area (Å²) in [4.78, 5) is 23.9. The number of benzene rings is 2. The van der Waals surface area contributed by atoms with Crippen LogP contribution in [-0.4, -0.2) is 11.8 Å². The van der Waals surface area contributed by atoms with Gasteiger partial charge >= 0.3 is 0 Å². The third kappa shape index (κ3) is 5.21. The summed E-state index contributed by atoms with van der Waals surface area (Å²) < 4.78 is 0. The minimum atomic E-state index is -0.725. The number of carbonyl (C=O) groups is 2. The van der Waals surface area contributed by atoms with E-state index in [0.29, 0.717) is 23.7 Å². The van der Waals surface area contributed by atoms with Crippen molar-refractivity contribution in [2.24, 2.45) is 11.7 Å². The van der Waals surface area contributed by atoms with Crippen LogP contribution in [0.3, 0.4) is 0 Å². The van der Waals surface area contributed by atoms with Gasteiger partial charge in [-0.1, -0.05) is 44.2 Å². The molecule has 0 heterocycles. The van der Waals surface area contributed by atoms with Crippen LogP contribution in [0.25, 0.3) is 0 Å². The van der Waals surface area contributed by atoms with Crippen molar-refractivity contribution in [2.75, 3.05) is 10.6 Å². The molecule has 0 saturated heterocycles. The van der Waals surface area contributed by atoms with E-state index in [1.165, 1.54) is 0 Å². The lowest BCUT2D eigenvalue weighted by atomic mass is 10.1. The van der Waals surface area contributed by atoms with E-state index in [2.05, 4.69) is 10.6 Å². The third-order valence-electron chi connectivity index (χ3n) is 3.47. The molecular formula is C19H23N3O2. The van der Waals surface area contributed by atoms with Crippen LogP contribution in [0.5, 0.6) is 0 Å². The van der Waals surface area contributed by atoms with Gasteiger partial charge in [0.2, 0.25) is 11.8 Å². The number of amides is 2. The van der Waals surface area contributed by atoms with Crippen LogP contribution in [0, 0.1) is 5.92 Å². The molecule has 2 aromatic rings. The maximum atomic E-state index is 12.2. The largest absolute Gasteiger partial charge is 0.326 e. The summed E-state index contributed by atoms with van der Waals surface area (Å²) in [5.74, 6) is 0.00807. The molecule has 0 bridgehead atoms. The Labute approximate surface area is 142 Å². The van der Waals surface area contributed by atoms with Crippen LogP contribution in [0.4, 0.5) is 11.4 Å². The van der Waals surface area contributed by atoms with E-state index < -0.39 is 6.04 Å². The fourth-order valence-corrected chi connectivity index (χ4v) is 2.25. The Morgan fingerprint density at radius 3 is 2.00 bits per heavy atom. The SMILES string of the molecule is CC(C)CC(=O)Nc1ccc(NC(=O)C(N)c2ccccc2)cc1. The number of rotatable bonds is 6. The van der Waals surface area contributed by atoms with Gasteiger partial charge in [0.15, 0.2) is 0 Å². The van der Waals surface area contributed by atoms with E-state index in [-0.39, 0.29) is 11.8 Å². The maximum absolute atomic E-state index is 12.2. The number of carbonyl (C=O) groups excluding carboxylic acids is 2. The molecule has 0 radical (unpaired) electrons. The third-order valence-corrected chi connectivity index (χ3v) is 3.47. The summed E-state index contributed by atoms with van der Waals surface area (Å²) in [6.45, 7) is 3.99. The zero-order chi connectivity index (χ0) is 17.5. The molecule has 0 spiro atoms. The molecule has 1 atom stereocenters. The van der Waals surface area contributed by atoms with Crippen LogP contribution in [-0.2, 0) is 9.59 Å². The monoisotopic (exact) mass is 325 g/mol. The molecule has 5 nitrogen and oxygen atoms in total. The van der Waals surface area contributed by atoms with Gasteiger partial charge in [0.05, 0.1) is 0 Å². The molecule has 2 aromatic carbocycles. The number of anilines is 2. The number of hydrogen-bond donors (Lipinski definition) is 3. The Hall–Kier alpha value is -2.66. The summed E-state index contributed by atoms with van der Waals surface area (Å²) in [6.07, 6.45) is 0.477. The van der Waals surface area contributed by atoms with Crippen molar-refractivity contribution in [3.63, 3.8) is 0 Å². The van der Waals surface area contributed by atoms with Gasteiger partial charge in [-0.25, -0.2) is 0 Å². The molecule has 2 rings (SSSR count). The standard InChI is InChI=1S/C19H23N3O2/c1-13(2)12-17(23)21-15-8-10-16(11-9-15)22-19(24)18(20)14-6-4-3-5-7-14/h3-11,13,18H,12,20H2,1-2H3,(H,21,23)(H,22,24). The van der Waals surface area contributed by atoms with Gasteiger partial charge in [0.1, 0.15) is 6.04 Å². The van der Waals surface area contributed by atoms with Gasteiger partial charge < -0.3 is 16.4 Å². The minimum Gasteiger partial charge on any atom is -0.326 e. The first-order valence-corrected chi connectivity index (χ1v) is 7.97. The molecule has 0 fully saturated rings. The molecule has 24 heavy (non-hydrogen) atoms. The Morgan fingerprint density at radius 2 is 1.46 bits per heavy atom. The van der Waals surface area contributed by atoms with E-state index in [4.69, 9.17) is 5.73 Å². The van der Waals surface area contributed by atoms with Crippen molar-refractivity contribution in [2.45, 2.75) is 26.3 Å². The van der Waals surface area contributed by atoms with E-state index in [0.717, 1.165) is 5.56 Å². The van der Waals surface area contributed by atoms with Crippen LogP contribution >= 0.6 is 0 Å². The Bertz CT molecular complexity index is 682. The first-order chi connectivity index (χ1) is 11.5. The van der Waals surface area contributed by atoms with Gasteiger partial charge in [-0.15, -0.1) is 0 Å². The second-order valence-corrected chi connectivity index (χ2v) is 6.10. The highest BCUT2D eigenvalue weighted by Crippen LogP contribution is 2.17. The fourth-order valence-electron chi connectivity index (χ4n) is 2.25. The quantitative estimate of drug-likeness (QED) is 0.762. The fraction of sp³-hybridized carbons (Fsp3) is 0.263. The molecule has 126 valence electrons. The van der Waals surface area contributed by atoms with E-state index in [1.807, 2.05) is 44.2 Å².